The molecule has 7 heteroatoms. The van der Waals surface area contributed by atoms with Crippen molar-refractivity contribution in [3.8, 4) is 11.1 Å². The number of sulfonamides is 1. The lowest BCUT2D eigenvalue weighted by Gasteiger charge is -2.05. The van der Waals surface area contributed by atoms with Crippen LogP contribution in [0.1, 0.15) is 11.1 Å². The van der Waals surface area contributed by atoms with Gasteiger partial charge in [-0.1, -0.05) is 30.3 Å². The summed E-state index contributed by atoms with van der Waals surface area (Å²) in [4.78, 5) is 4.17. The standard InChI is InChI=1S/C18H18N4O2S/c1-22-14-18(13-20-22)17-9-16(10-19-12-17)11-21-25(23,24)8-7-15-5-3-2-4-6-15/h2-10,12-14,21H,11H2,1H3/b8-7+. The second-order valence-electron chi connectivity index (χ2n) is 5.56. The molecule has 0 aliphatic carbocycles. The van der Waals surface area contributed by atoms with Crippen LogP contribution in [-0.2, 0) is 23.6 Å². The molecule has 0 radical (unpaired) electrons. The van der Waals surface area contributed by atoms with E-state index >= 15 is 0 Å². The van der Waals surface area contributed by atoms with Crippen molar-refractivity contribution in [2.75, 3.05) is 0 Å². The summed E-state index contributed by atoms with van der Waals surface area (Å²) >= 11 is 0. The highest BCUT2D eigenvalue weighted by atomic mass is 32.2. The van der Waals surface area contributed by atoms with E-state index in [4.69, 9.17) is 0 Å². The fraction of sp³-hybridized carbons (Fsp3) is 0.111. The van der Waals surface area contributed by atoms with Crippen LogP contribution in [0, 0.1) is 0 Å². The number of pyridine rings is 1. The van der Waals surface area contributed by atoms with Crippen LogP contribution in [0.3, 0.4) is 0 Å². The fourth-order valence-corrected chi connectivity index (χ4v) is 3.08. The van der Waals surface area contributed by atoms with Crippen molar-refractivity contribution < 1.29 is 8.42 Å². The summed E-state index contributed by atoms with van der Waals surface area (Å²) in [6.45, 7) is 0.169. The Bertz CT molecular complexity index is 979. The van der Waals surface area contributed by atoms with Crippen LogP contribution in [0.4, 0.5) is 0 Å². The Morgan fingerprint density at radius 3 is 2.64 bits per heavy atom. The number of aromatic nitrogens is 3. The fourth-order valence-electron chi connectivity index (χ4n) is 2.28. The normalized spacial score (nSPS) is 11.9. The second kappa shape index (κ2) is 7.42. The molecule has 2 heterocycles. The van der Waals surface area contributed by atoms with Gasteiger partial charge in [0.2, 0.25) is 10.0 Å². The summed E-state index contributed by atoms with van der Waals surface area (Å²) in [6, 6.07) is 11.2. The highest BCUT2D eigenvalue weighted by Crippen LogP contribution is 2.18. The van der Waals surface area contributed by atoms with Crippen LogP contribution in [0.15, 0.2) is 66.6 Å². The minimum atomic E-state index is -3.53. The third kappa shape index (κ3) is 4.85. The van der Waals surface area contributed by atoms with Gasteiger partial charge in [0.15, 0.2) is 0 Å². The number of aryl methyl sites for hydroxylation is 1. The maximum absolute atomic E-state index is 12.1. The molecule has 2 aromatic heterocycles. The summed E-state index contributed by atoms with van der Waals surface area (Å²) in [5.41, 5.74) is 3.43. The minimum absolute atomic E-state index is 0.169. The Morgan fingerprint density at radius 1 is 1.12 bits per heavy atom. The number of rotatable bonds is 6. The van der Waals surface area contributed by atoms with Gasteiger partial charge in [-0.25, -0.2) is 13.1 Å². The predicted molar refractivity (Wildman–Crippen MR) is 97.7 cm³/mol. The van der Waals surface area contributed by atoms with Crippen LogP contribution in [0.25, 0.3) is 17.2 Å². The lowest BCUT2D eigenvalue weighted by Crippen LogP contribution is -2.20. The third-order valence-electron chi connectivity index (χ3n) is 3.55. The Kier molecular flexibility index (Phi) is 5.06. The lowest BCUT2D eigenvalue weighted by molar-refractivity contribution is 0.590. The third-order valence-corrected chi connectivity index (χ3v) is 4.59. The molecular formula is C18H18N4O2S. The zero-order chi connectivity index (χ0) is 17.7. The topological polar surface area (TPSA) is 76.9 Å². The van der Waals surface area contributed by atoms with Gasteiger partial charge in [0, 0.05) is 48.7 Å². The van der Waals surface area contributed by atoms with Gasteiger partial charge in [0.05, 0.1) is 6.20 Å². The van der Waals surface area contributed by atoms with Gasteiger partial charge in [-0.2, -0.15) is 5.10 Å². The van der Waals surface area contributed by atoms with Crippen LogP contribution in [0.5, 0.6) is 0 Å². The highest BCUT2D eigenvalue weighted by molar-refractivity contribution is 7.92. The molecule has 0 amide bonds. The molecular weight excluding hydrogens is 336 g/mol. The molecule has 0 atom stereocenters. The molecule has 25 heavy (non-hydrogen) atoms. The van der Waals surface area contributed by atoms with E-state index in [-0.39, 0.29) is 6.54 Å². The zero-order valence-electron chi connectivity index (χ0n) is 13.7. The molecule has 0 bridgehead atoms. The molecule has 0 spiro atoms. The molecule has 0 saturated carbocycles. The monoisotopic (exact) mass is 354 g/mol. The van der Waals surface area contributed by atoms with Crippen LogP contribution >= 0.6 is 0 Å². The number of nitrogens with one attached hydrogen (secondary N) is 1. The average molecular weight is 354 g/mol. The van der Waals surface area contributed by atoms with Crippen LogP contribution in [0.2, 0.25) is 0 Å². The maximum Gasteiger partial charge on any atom is 0.234 e. The van der Waals surface area contributed by atoms with E-state index in [1.807, 2.05) is 49.6 Å². The van der Waals surface area contributed by atoms with Crippen molar-refractivity contribution in [3.05, 3.63) is 77.7 Å². The summed E-state index contributed by atoms with van der Waals surface area (Å²) in [5.74, 6) is 0. The Hall–Kier alpha value is -2.77. The molecule has 0 saturated heterocycles. The van der Waals surface area contributed by atoms with E-state index in [9.17, 15) is 8.42 Å². The van der Waals surface area contributed by atoms with E-state index in [1.54, 1.807) is 29.3 Å². The van der Waals surface area contributed by atoms with E-state index < -0.39 is 10.0 Å². The molecule has 128 valence electrons. The van der Waals surface area contributed by atoms with E-state index in [1.165, 1.54) is 5.41 Å². The van der Waals surface area contributed by atoms with Gasteiger partial charge < -0.3 is 0 Å². The first-order valence-electron chi connectivity index (χ1n) is 7.68. The average Bonchev–Trinajstić information content (AvgIpc) is 3.06. The Morgan fingerprint density at radius 2 is 1.92 bits per heavy atom. The lowest BCUT2D eigenvalue weighted by atomic mass is 10.1. The maximum atomic E-state index is 12.1. The van der Waals surface area contributed by atoms with Crippen molar-refractivity contribution in [1.29, 1.82) is 0 Å². The summed E-state index contributed by atoms with van der Waals surface area (Å²) in [6.07, 6.45) is 8.56. The van der Waals surface area contributed by atoms with Crippen LogP contribution < -0.4 is 4.72 Å². The van der Waals surface area contributed by atoms with Crippen molar-refractivity contribution in [1.82, 2.24) is 19.5 Å². The van der Waals surface area contributed by atoms with Gasteiger partial charge >= 0.3 is 0 Å². The number of benzene rings is 1. The summed E-state index contributed by atoms with van der Waals surface area (Å²) in [5, 5.41) is 5.30. The van der Waals surface area contributed by atoms with E-state index in [0.717, 1.165) is 22.3 Å². The van der Waals surface area contributed by atoms with E-state index in [2.05, 4.69) is 14.8 Å². The van der Waals surface area contributed by atoms with Crippen molar-refractivity contribution in [3.63, 3.8) is 0 Å². The highest BCUT2D eigenvalue weighted by Gasteiger charge is 2.07. The van der Waals surface area contributed by atoms with Crippen molar-refractivity contribution >= 4 is 16.1 Å². The largest absolute Gasteiger partial charge is 0.275 e. The molecule has 1 N–H and O–H groups in total. The summed E-state index contributed by atoms with van der Waals surface area (Å²) in [7, 11) is -1.68. The van der Waals surface area contributed by atoms with Gasteiger partial charge in [-0.05, 0) is 23.3 Å². The Balaban J connectivity index is 1.67. The second-order valence-corrected chi connectivity index (χ2v) is 7.21. The van der Waals surface area contributed by atoms with Crippen molar-refractivity contribution in [2.45, 2.75) is 6.54 Å². The zero-order valence-corrected chi connectivity index (χ0v) is 14.5. The molecule has 3 rings (SSSR count). The molecule has 0 fully saturated rings. The minimum Gasteiger partial charge on any atom is -0.275 e. The van der Waals surface area contributed by atoms with Gasteiger partial charge in [-0.3, -0.25) is 9.67 Å². The van der Waals surface area contributed by atoms with Gasteiger partial charge in [0.25, 0.3) is 0 Å². The van der Waals surface area contributed by atoms with Crippen LogP contribution in [-0.4, -0.2) is 23.2 Å². The molecule has 0 aliphatic heterocycles. The molecule has 1 aromatic carbocycles. The quantitative estimate of drug-likeness (QED) is 0.738. The number of hydrogen-bond donors (Lipinski definition) is 1. The van der Waals surface area contributed by atoms with Gasteiger partial charge in [-0.15, -0.1) is 0 Å². The summed E-state index contributed by atoms with van der Waals surface area (Å²) < 4.78 is 28.5. The predicted octanol–water partition coefficient (Wildman–Crippen LogP) is 2.57. The Labute approximate surface area is 146 Å². The molecule has 0 aliphatic rings. The van der Waals surface area contributed by atoms with E-state index in [0.29, 0.717) is 0 Å². The molecule has 3 aromatic rings. The first-order chi connectivity index (χ1) is 12.0. The van der Waals surface area contributed by atoms with Gasteiger partial charge in [0.1, 0.15) is 0 Å². The molecule has 0 unspecified atom stereocenters. The number of nitrogens with zero attached hydrogens (tertiary/aromatic N) is 3. The SMILES string of the molecule is Cn1cc(-c2cncc(CNS(=O)(=O)/C=C/c3ccccc3)c2)cn1. The smallest absolute Gasteiger partial charge is 0.234 e. The van der Waals surface area contributed by atoms with Crippen molar-refractivity contribution in [2.24, 2.45) is 7.05 Å². The number of hydrogen-bond acceptors (Lipinski definition) is 4. The first-order valence-corrected chi connectivity index (χ1v) is 9.22. The first kappa shape index (κ1) is 17.1. The molecule has 6 nitrogen and oxygen atoms in total.